The van der Waals surface area contributed by atoms with E-state index in [0.717, 1.165) is 21.4 Å². The van der Waals surface area contributed by atoms with Gasteiger partial charge >= 0.3 is 0 Å². The highest BCUT2D eigenvalue weighted by molar-refractivity contribution is 9.10. The van der Waals surface area contributed by atoms with E-state index in [-0.39, 0.29) is 5.91 Å². The molecule has 0 aromatic heterocycles. The summed E-state index contributed by atoms with van der Waals surface area (Å²) in [5.41, 5.74) is 3.61. The number of carbonyl (C=O) groups excluding carboxylic acids is 1. The number of nitrogens with zero attached hydrogens (tertiary/aromatic N) is 1. The summed E-state index contributed by atoms with van der Waals surface area (Å²) in [5.74, 6) is -0.1000. The Kier molecular flexibility index (Phi) is 4.45. The van der Waals surface area contributed by atoms with Crippen molar-refractivity contribution in [3.05, 3.63) is 58.1 Å². The standard InChI is InChI=1S/C16H17BrN2O/c1-11-10-13(6-9-15(11)17)18-16(20)12-4-7-14(8-5-12)19(2)3/h4-10H,1-3H3,(H,18,20). The Balaban J connectivity index is 2.13. The van der Waals surface area contributed by atoms with Crippen LogP contribution in [0.15, 0.2) is 46.9 Å². The second-order valence-electron chi connectivity index (χ2n) is 4.86. The van der Waals surface area contributed by atoms with Crippen molar-refractivity contribution in [3.63, 3.8) is 0 Å². The molecule has 0 saturated carbocycles. The van der Waals surface area contributed by atoms with Crippen LogP contribution in [0.25, 0.3) is 0 Å². The van der Waals surface area contributed by atoms with Crippen molar-refractivity contribution in [2.45, 2.75) is 6.92 Å². The Labute approximate surface area is 127 Å². The minimum atomic E-state index is -0.1000. The zero-order chi connectivity index (χ0) is 14.7. The number of benzene rings is 2. The summed E-state index contributed by atoms with van der Waals surface area (Å²) in [4.78, 5) is 14.2. The summed E-state index contributed by atoms with van der Waals surface area (Å²) in [6, 6.07) is 13.3. The molecule has 2 aromatic rings. The van der Waals surface area contributed by atoms with E-state index in [1.165, 1.54) is 0 Å². The molecule has 0 bridgehead atoms. The molecule has 0 aliphatic heterocycles. The molecule has 0 fully saturated rings. The number of nitrogens with one attached hydrogen (secondary N) is 1. The van der Waals surface area contributed by atoms with Gasteiger partial charge in [-0.25, -0.2) is 0 Å². The third-order valence-corrected chi connectivity index (χ3v) is 3.95. The Morgan fingerprint density at radius 3 is 2.30 bits per heavy atom. The molecule has 3 nitrogen and oxygen atoms in total. The topological polar surface area (TPSA) is 32.3 Å². The zero-order valence-corrected chi connectivity index (χ0v) is 13.4. The van der Waals surface area contributed by atoms with Gasteiger partial charge < -0.3 is 10.2 Å². The molecule has 1 N–H and O–H groups in total. The molecule has 0 heterocycles. The largest absolute Gasteiger partial charge is 0.378 e. The monoisotopic (exact) mass is 332 g/mol. The number of hydrogen-bond donors (Lipinski definition) is 1. The molecule has 0 spiro atoms. The van der Waals surface area contributed by atoms with Crippen LogP contribution >= 0.6 is 15.9 Å². The average molecular weight is 333 g/mol. The highest BCUT2D eigenvalue weighted by Crippen LogP contribution is 2.21. The van der Waals surface area contributed by atoms with Gasteiger partial charge in [0.05, 0.1) is 0 Å². The molecule has 2 rings (SSSR count). The first kappa shape index (κ1) is 14.6. The van der Waals surface area contributed by atoms with E-state index in [1.807, 2.05) is 68.4 Å². The number of halogens is 1. The molecule has 0 aliphatic carbocycles. The smallest absolute Gasteiger partial charge is 0.255 e. The van der Waals surface area contributed by atoms with Crippen molar-refractivity contribution < 1.29 is 4.79 Å². The molecule has 20 heavy (non-hydrogen) atoms. The van der Waals surface area contributed by atoms with Gasteiger partial charge in [-0.15, -0.1) is 0 Å². The maximum atomic E-state index is 12.2. The molecule has 0 atom stereocenters. The number of anilines is 2. The van der Waals surface area contributed by atoms with Crippen molar-refractivity contribution in [2.75, 3.05) is 24.3 Å². The van der Waals surface area contributed by atoms with Gasteiger partial charge in [0.1, 0.15) is 0 Å². The van der Waals surface area contributed by atoms with Gasteiger partial charge in [-0.3, -0.25) is 4.79 Å². The van der Waals surface area contributed by atoms with Crippen LogP contribution in [0, 0.1) is 6.92 Å². The molecular weight excluding hydrogens is 316 g/mol. The van der Waals surface area contributed by atoms with Crippen LogP contribution in [0.5, 0.6) is 0 Å². The van der Waals surface area contributed by atoms with E-state index in [0.29, 0.717) is 5.56 Å². The number of carbonyl (C=O) groups is 1. The first-order valence-electron chi connectivity index (χ1n) is 6.32. The Hall–Kier alpha value is -1.81. The van der Waals surface area contributed by atoms with Gasteiger partial charge in [-0.05, 0) is 55.0 Å². The van der Waals surface area contributed by atoms with Crippen molar-refractivity contribution >= 4 is 33.2 Å². The Bertz CT molecular complexity index is 621. The van der Waals surface area contributed by atoms with Crippen LogP contribution in [-0.4, -0.2) is 20.0 Å². The van der Waals surface area contributed by atoms with E-state index in [2.05, 4.69) is 21.2 Å². The van der Waals surface area contributed by atoms with E-state index in [1.54, 1.807) is 0 Å². The number of aryl methyl sites for hydroxylation is 1. The van der Waals surface area contributed by atoms with Crippen molar-refractivity contribution in [1.29, 1.82) is 0 Å². The number of hydrogen-bond acceptors (Lipinski definition) is 2. The third-order valence-electron chi connectivity index (χ3n) is 3.06. The molecule has 4 heteroatoms. The second kappa shape index (κ2) is 6.09. The summed E-state index contributed by atoms with van der Waals surface area (Å²) in [5, 5.41) is 2.90. The molecule has 104 valence electrons. The van der Waals surface area contributed by atoms with Crippen molar-refractivity contribution in [1.82, 2.24) is 0 Å². The van der Waals surface area contributed by atoms with Gasteiger partial charge in [-0.2, -0.15) is 0 Å². The molecule has 0 aliphatic rings. The van der Waals surface area contributed by atoms with Crippen molar-refractivity contribution in [2.24, 2.45) is 0 Å². The SMILES string of the molecule is Cc1cc(NC(=O)c2ccc(N(C)C)cc2)ccc1Br. The van der Waals surface area contributed by atoms with Gasteiger partial charge in [0.25, 0.3) is 5.91 Å². The fraction of sp³-hybridized carbons (Fsp3) is 0.188. The van der Waals surface area contributed by atoms with Crippen LogP contribution in [0.4, 0.5) is 11.4 Å². The van der Waals surface area contributed by atoms with Crippen LogP contribution < -0.4 is 10.2 Å². The molecule has 0 saturated heterocycles. The van der Waals surface area contributed by atoms with Gasteiger partial charge in [0, 0.05) is 35.5 Å². The first-order chi connectivity index (χ1) is 9.47. The summed E-state index contributed by atoms with van der Waals surface area (Å²) >= 11 is 3.44. The fourth-order valence-electron chi connectivity index (χ4n) is 1.84. The summed E-state index contributed by atoms with van der Waals surface area (Å²) < 4.78 is 1.03. The lowest BCUT2D eigenvalue weighted by Gasteiger charge is -2.12. The molecule has 0 radical (unpaired) electrons. The summed E-state index contributed by atoms with van der Waals surface area (Å²) in [6.07, 6.45) is 0. The molecule has 1 amide bonds. The van der Waals surface area contributed by atoms with Gasteiger partial charge in [0.15, 0.2) is 0 Å². The minimum Gasteiger partial charge on any atom is -0.378 e. The fourth-order valence-corrected chi connectivity index (χ4v) is 2.08. The predicted molar refractivity (Wildman–Crippen MR) is 87.6 cm³/mol. The molecular formula is C16H17BrN2O. The lowest BCUT2D eigenvalue weighted by atomic mass is 10.1. The zero-order valence-electron chi connectivity index (χ0n) is 11.8. The van der Waals surface area contributed by atoms with E-state index in [4.69, 9.17) is 0 Å². The normalized spacial score (nSPS) is 10.2. The second-order valence-corrected chi connectivity index (χ2v) is 5.71. The number of amides is 1. The maximum Gasteiger partial charge on any atom is 0.255 e. The van der Waals surface area contributed by atoms with Crippen LogP contribution in [-0.2, 0) is 0 Å². The maximum absolute atomic E-state index is 12.2. The quantitative estimate of drug-likeness (QED) is 0.918. The highest BCUT2D eigenvalue weighted by atomic mass is 79.9. The lowest BCUT2D eigenvalue weighted by molar-refractivity contribution is 0.102. The van der Waals surface area contributed by atoms with Crippen LogP contribution in [0.3, 0.4) is 0 Å². The summed E-state index contributed by atoms with van der Waals surface area (Å²) in [6.45, 7) is 1.99. The number of rotatable bonds is 3. The van der Waals surface area contributed by atoms with E-state index >= 15 is 0 Å². The highest BCUT2D eigenvalue weighted by Gasteiger charge is 2.07. The molecule has 0 unspecified atom stereocenters. The van der Waals surface area contributed by atoms with Crippen LogP contribution in [0.2, 0.25) is 0 Å². The van der Waals surface area contributed by atoms with E-state index in [9.17, 15) is 4.79 Å². The van der Waals surface area contributed by atoms with Gasteiger partial charge in [-0.1, -0.05) is 15.9 Å². The van der Waals surface area contributed by atoms with Crippen LogP contribution in [0.1, 0.15) is 15.9 Å². The van der Waals surface area contributed by atoms with Crippen molar-refractivity contribution in [3.8, 4) is 0 Å². The molecule has 2 aromatic carbocycles. The Morgan fingerprint density at radius 2 is 1.75 bits per heavy atom. The van der Waals surface area contributed by atoms with E-state index < -0.39 is 0 Å². The Morgan fingerprint density at radius 1 is 1.10 bits per heavy atom. The van der Waals surface area contributed by atoms with Gasteiger partial charge in [0.2, 0.25) is 0 Å². The third kappa shape index (κ3) is 3.39. The average Bonchev–Trinajstić information content (AvgIpc) is 2.43. The minimum absolute atomic E-state index is 0.1000. The summed E-state index contributed by atoms with van der Waals surface area (Å²) in [7, 11) is 3.94. The first-order valence-corrected chi connectivity index (χ1v) is 7.11. The lowest BCUT2D eigenvalue weighted by Crippen LogP contribution is -2.13. The predicted octanol–water partition coefficient (Wildman–Crippen LogP) is 4.08.